The average Bonchev–Trinajstić information content (AvgIpc) is 2.84. The smallest absolute Gasteiger partial charge is 0.310 e. The van der Waals surface area contributed by atoms with Gasteiger partial charge in [-0.05, 0) is 56.0 Å². The molecule has 2 atom stereocenters. The third-order valence-electron chi connectivity index (χ3n) is 5.13. The van der Waals surface area contributed by atoms with Gasteiger partial charge in [-0.25, -0.2) is 8.42 Å². The third kappa shape index (κ3) is 7.91. The zero-order valence-corrected chi connectivity index (χ0v) is 19.9. The third-order valence-corrected chi connectivity index (χ3v) is 6.62. The minimum absolute atomic E-state index is 0.0463. The highest BCUT2D eigenvalue weighted by molar-refractivity contribution is 7.89. The maximum absolute atomic E-state index is 13.0. The highest BCUT2D eigenvalue weighted by Gasteiger charge is 2.28. The van der Waals surface area contributed by atoms with Crippen LogP contribution >= 0.6 is 0 Å². The largest absolute Gasteiger partial charge is 0.466 e. The molecule has 2 aromatic carbocycles. The van der Waals surface area contributed by atoms with E-state index in [2.05, 4.69) is 10.0 Å². The quantitative estimate of drug-likeness (QED) is 0.465. The normalized spacial score (nSPS) is 17.0. The summed E-state index contributed by atoms with van der Waals surface area (Å²) in [6, 6.07) is 13.3. The van der Waals surface area contributed by atoms with Crippen molar-refractivity contribution in [1.29, 1.82) is 0 Å². The molecule has 1 fully saturated rings. The number of nitrogens with one attached hydrogen (secondary N) is 2. The van der Waals surface area contributed by atoms with Crippen LogP contribution in [0.5, 0.6) is 0 Å². The first kappa shape index (κ1) is 25.8. The molecule has 10 heteroatoms. The number of carbonyl (C=O) groups excluding carboxylic acids is 2. The number of amides is 1. The van der Waals surface area contributed by atoms with Crippen molar-refractivity contribution in [1.82, 2.24) is 4.72 Å². The zero-order chi connectivity index (χ0) is 24.4. The number of anilines is 1. The molecular formula is C24H30N2O7S. The van der Waals surface area contributed by atoms with Crippen LogP contribution in [-0.2, 0) is 40.2 Å². The number of ether oxygens (including phenoxy) is 3. The predicted octanol–water partition coefficient (Wildman–Crippen LogP) is 2.62. The molecular weight excluding hydrogens is 460 g/mol. The van der Waals surface area contributed by atoms with Crippen molar-refractivity contribution >= 4 is 27.6 Å². The van der Waals surface area contributed by atoms with Crippen LogP contribution in [0.15, 0.2) is 59.5 Å². The van der Waals surface area contributed by atoms with Gasteiger partial charge < -0.3 is 19.5 Å². The second-order valence-corrected chi connectivity index (χ2v) is 9.50. The Morgan fingerprint density at radius 3 is 2.47 bits per heavy atom. The van der Waals surface area contributed by atoms with E-state index in [0.717, 1.165) is 18.4 Å². The average molecular weight is 491 g/mol. The molecule has 1 aliphatic rings. The minimum atomic E-state index is -3.96. The number of benzene rings is 2. The maximum Gasteiger partial charge on any atom is 0.310 e. The Hall–Kier alpha value is -2.79. The lowest BCUT2D eigenvalue weighted by atomic mass is 10.1. The molecule has 2 unspecified atom stereocenters. The van der Waals surface area contributed by atoms with E-state index >= 15 is 0 Å². The molecule has 9 nitrogen and oxygen atoms in total. The fourth-order valence-electron chi connectivity index (χ4n) is 3.38. The Balaban J connectivity index is 1.68. The van der Waals surface area contributed by atoms with Crippen LogP contribution in [0.4, 0.5) is 5.69 Å². The first-order chi connectivity index (χ1) is 16.4. The van der Waals surface area contributed by atoms with Gasteiger partial charge in [0, 0.05) is 12.3 Å². The lowest BCUT2D eigenvalue weighted by Crippen LogP contribution is -2.47. The molecule has 0 spiro atoms. The van der Waals surface area contributed by atoms with Crippen molar-refractivity contribution in [3.8, 4) is 0 Å². The van der Waals surface area contributed by atoms with E-state index in [9.17, 15) is 18.0 Å². The maximum atomic E-state index is 13.0. The Morgan fingerprint density at radius 2 is 1.82 bits per heavy atom. The monoisotopic (exact) mass is 490 g/mol. The number of sulfonamides is 1. The highest BCUT2D eigenvalue weighted by Crippen LogP contribution is 2.16. The Kier molecular flexibility index (Phi) is 9.58. The molecule has 184 valence electrons. The van der Waals surface area contributed by atoms with Crippen LogP contribution in [0.25, 0.3) is 0 Å². The summed E-state index contributed by atoms with van der Waals surface area (Å²) in [5.41, 5.74) is 1.19. The summed E-state index contributed by atoms with van der Waals surface area (Å²) in [5, 5.41) is 2.71. The van der Waals surface area contributed by atoms with Crippen molar-refractivity contribution in [3.63, 3.8) is 0 Å². The number of rotatable bonds is 11. The molecule has 0 bridgehead atoms. The van der Waals surface area contributed by atoms with Gasteiger partial charge in [-0.2, -0.15) is 4.72 Å². The van der Waals surface area contributed by atoms with Gasteiger partial charge in [-0.3, -0.25) is 9.59 Å². The van der Waals surface area contributed by atoms with E-state index in [1.165, 1.54) is 12.1 Å². The SMILES string of the molecule is CCOC(=O)Cc1ccc(NC(=O)C(COC2CCCCO2)NS(=O)(=O)c2ccccc2)cc1. The molecule has 1 heterocycles. The van der Waals surface area contributed by atoms with Crippen LogP contribution in [0, 0.1) is 0 Å². The number of carbonyl (C=O) groups is 2. The van der Waals surface area contributed by atoms with Crippen LogP contribution in [0.1, 0.15) is 31.7 Å². The Labute approximate surface area is 199 Å². The summed E-state index contributed by atoms with van der Waals surface area (Å²) in [7, 11) is -3.96. The fraction of sp³-hybridized carbons (Fsp3) is 0.417. The van der Waals surface area contributed by atoms with Crippen molar-refractivity contribution < 1.29 is 32.2 Å². The van der Waals surface area contributed by atoms with Gasteiger partial charge in [0.25, 0.3) is 0 Å². The topological polar surface area (TPSA) is 120 Å². The second kappa shape index (κ2) is 12.6. The Morgan fingerprint density at radius 1 is 1.09 bits per heavy atom. The molecule has 2 aromatic rings. The number of hydrogen-bond donors (Lipinski definition) is 2. The summed E-state index contributed by atoms with van der Waals surface area (Å²) in [6.07, 6.45) is 2.21. The van der Waals surface area contributed by atoms with E-state index in [0.29, 0.717) is 25.3 Å². The molecule has 0 aliphatic carbocycles. The van der Waals surface area contributed by atoms with Crippen molar-refractivity contribution in [2.45, 2.75) is 49.8 Å². The lowest BCUT2D eigenvalue weighted by Gasteiger charge is -2.25. The predicted molar refractivity (Wildman–Crippen MR) is 126 cm³/mol. The van der Waals surface area contributed by atoms with Gasteiger partial charge >= 0.3 is 5.97 Å². The molecule has 0 radical (unpaired) electrons. The highest BCUT2D eigenvalue weighted by atomic mass is 32.2. The van der Waals surface area contributed by atoms with E-state index in [1.807, 2.05) is 0 Å². The lowest BCUT2D eigenvalue weighted by molar-refractivity contribution is -0.166. The van der Waals surface area contributed by atoms with Crippen molar-refractivity contribution in [3.05, 3.63) is 60.2 Å². The van der Waals surface area contributed by atoms with E-state index in [1.54, 1.807) is 49.4 Å². The standard InChI is InChI=1S/C24H30N2O7S/c1-2-31-22(27)16-18-11-13-19(14-12-18)25-24(28)21(17-33-23-10-6-7-15-32-23)26-34(29,30)20-8-4-3-5-9-20/h3-5,8-9,11-14,21,23,26H,2,6-7,10,15-17H2,1H3,(H,25,28). The van der Waals surface area contributed by atoms with Crippen LogP contribution in [0.2, 0.25) is 0 Å². The zero-order valence-electron chi connectivity index (χ0n) is 19.1. The van der Waals surface area contributed by atoms with Gasteiger partial charge in [0.2, 0.25) is 15.9 Å². The van der Waals surface area contributed by atoms with Crippen molar-refractivity contribution in [2.75, 3.05) is 25.1 Å². The van der Waals surface area contributed by atoms with Crippen LogP contribution in [0.3, 0.4) is 0 Å². The van der Waals surface area contributed by atoms with Gasteiger partial charge in [-0.15, -0.1) is 0 Å². The van der Waals surface area contributed by atoms with E-state index in [4.69, 9.17) is 14.2 Å². The molecule has 1 saturated heterocycles. The second-order valence-electron chi connectivity index (χ2n) is 7.78. The van der Waals surface area contributed by atoms with E-state index in [-0.39, 0.29) is 23.9 Å². The van der Waals surface area contributed by atoms with Gasteiger partial charge in [0.1, 0.15) is 6.04 Å². The van der Waals surface area contributed by atoms with Crippen molar-refractivity contribution in [2.24, 2.45) is 0 Å². The van der Waals surface area contributed by atoms with Crippen LogP contribution < -0.4 is 10.0 Å². The molecule has 2 N–H and O–H groups in total. The molecule has 1 aliphatic heterocycles. The molecule has 3 rings (SSSR count). The molecule has 1 amide bonds. The number of esters is 1. The van der Waals surface area contributed by atoms with Gasteiger partial charge in [-0.1, -0.05) is 30.3 Å². The fourth-order valence-corrected chi connectivity index (χ4v) is 4.58. The summed E-state index contributed by atoms with van der Waals surface area (Å²) in [4.78, 5) is 24.7. The summed E-state index contributed by atoms with van der Waals surface area (Å²) in [5.74, 6) is -0.912. The summed E-state index contributed by atoms with van der Waals surface area (Å²) in [6.45, 7) is 2.42. The molecule has 34 heavy (non-hydrogen) atoms. The van der Waals surface area contributed by atoms with E-state index < -0.39 is 28.3 Å². The van der Waals surface area contributed by atoms with Gasteiger partial charge in [0.05, 0.1) is 24.5 Å². The molecule has 0 aromatic heterocycles. The van der Waals surface area contributed by atoms with Gasteiger partial charge in [0.15, 0.2) is 6.29 Å². The first-order valence-electron chi connectivity index (χ1n) is 11.2. The summed E-state index contributed by atoms with van der Waals surface area (Å²) >= 11 is 0. The first-order valence-corrected chi connectivity index (χ1v) is 12.7. The van der Waals surface area contributed by atoms with Crippen LogP contribution in [-0.4, -0.2) is 52.4 Å². The molecule has 0 saturated carbocycles. The number of hydrogen-bond acceptors (Lipinski definition) is 7. The Bertz CT molecular complexity index is 1040. The summed E-state index contributed by atoms with van der Waals surface area (Å²) < 4.78 is 44.3. The minimum Gasteiger partial charge on any atom is -0.466 e.